The van der Waals surface area contributed by atoms with Gasteiger partial charge >= 0.3 is 6.18 Å². The molecule has 0 saturated heterocycles. The number of pyridine rings is 1. The number of nitrogens with zero attached hydrogens (tertiary/aromatic N) is 1. The zero-order valence-electron chi connectivity index (χ0n) is 12.0. The number of nitrogens with one attached hydrogen (secondary N) is 2. The SMILES string of the molecule is CCNC(C)(C)C(=O)Nc1ccc(OCC(F)(F)F)nc1. The van der Waals surface area contributed by atoms with E-state index in [1.807, 2.05) is 6.92 Å². The Labute approximate surface area is 120 Å². The molecule has 0 aliphatic rings. The molecule has 0 aromatic carbocycles. The lowest BCUT2D eigenvalue weighted by molar-refractivity contribution is -0.154. The van der Waals surface area contributed by atoms with Gasteiger partial charge in [-0.15, -0.1) is 0 Å². The lowest BCUT2D eigenvalue weighted by Gasteiger charge is -2.24. The fourth-order valence-electron chi connectivity index (χ4n) is 1.50. The summed E-state index contributed by atoms with van der Waals surface area (Å²) in [6, 6.07) is 2.69. The van der Waals surface area contributed by atoms with Gasteiger partial charge < -0.3 is 15.4 Å². The van der Waals surface area contributed by atoms with E-state index in [1.54, 1.807) is 13.8 Å². The highest BCUT2D eigenvalue weighted by atomic mass is 19.4. The smallest absolute Gasteiger partial charge is 0.422 e. The van der Waals surface area contributed by atoms with Crippen LogP contribution in [0.5, 0.6) is 5.88 Å². The molecule has 2 N–H and O–H groups in total. The van der Waals surface area contributed by atoms with Crippen molar-refractivity contribution in [2.75, 3.05) is 18.5 Å². The molecule has 21 heavy (non-hydrogen) atoms. The number of aromatic nitrogens is 1. The predicted molar refractivity (Wildman–Crippen MR) is 72.2 cm³/mol. The van der Waals surface area contributed by atoms with Crippen molar-refractivity contribution in [3.8, 4) is 5.88 Å². The Hall–Kier alpha value is -1.83. The van der Waals surface area contributed by atoms with Crippen LogP contribution in [0.1, 0.15) is 20.8 Å². The molecule has 0 aliphatic heterocycles. The molecule has 5 nitrogen and oxygen atoms in total. The number of amides is 1. The fraction of sp³-hybridized carbons (Fsp3) is 0.538. The molecule has 8 heteroatoms. The Kier molecular flexibility index (Phi) is 5.54. The van der Waals surface area contributed by atoms with E-state index in [9.17, 15) is 18.0 Å². The van der Waals surface area contributed by atoms with Gasteiger partial charge in [-0.2, -0.15) is 13.2 Å². The van der Waals surface area contributed by atoms with Gasteiger partial charge in [-0.05, 0) is 26.5 Å². The summed E-state index contributed by atoms with van der Waals surface area (Å²) in [5, 5.41) is 5.63. The maximum Gasteiger partial charge on any atom is 0.422 e. The minimum atomic E-state index is -4.41. The molecule has 0 fully saturated rings. The second kappa shape index (κ2) is 6.75. The van der Waals surface area contributed by atoms with Crippen LogP contribution in [0.2, 0.25) is 0 Å². The summed E-state index contributed by atoms with van der Waals surface area (Å²) < 4.78 is 40.4. The molecule has 1 heterocycles. The van der Waals surface area contributed by atoms with Gasteiger partial charge in [-0.3, -0.25) is 4.79 Å². The average Bonchev–Trinajstić information content (AvgIpc) is 2.37. The summed E-state index contributed by atoms with van der Waals surface area (Å²) >= 11 is 0. The van der Waals surface area contributed by atoms with Crippen LogP contribution in [0.4, 0.5) is 18.9 Å². The number of anilines is 1. The topological polar surface area (TPSA) is 63.2 Å². The molecule has 1 rings (SSSR count). The Bertz CT molecular complexity index is 473. The van der Waals surface area contributed by atoms with Crippen LogP contribution in [0, 0.1) is 0 Å². The standard InChI is InChI=1S/C13H18F3N3O2/c1-4-18-12(2,3)11(20)19-9-5-6-10(17-7-9)21-8-13(14,15)16/h5-7,18H,4,8H2,1-3H3,(H,19,20). The number of ether oxygens (including phenoxy) is 1. The number of alkyl halides is 3. The number of likely N-dealkylation sites (N-methyl/N-ethyl adjacent to an activating group) is 1. The molecule has 0 atom stereocenters. The van der Waals surface area contributed by atoms with Gasteiger partial charge in [-0.25, -0.2) is 4.98 Å². The summed E-state index contributed by atoms with van der Waals surface area (Å²) in [7, 11) is 0. The highest BCUT2D eigenvalue weighted by Crippen LogP contribution is 2.18. The van der Waals surface area contributed by atoms with E-state index in [4.69, 9.17) is 0 Å². The third-order valence-corrected chi connectivity index (χ3v) is 2.56. The van der Waals surface area contributed by atoms with Crippen LogP contribution in [0.3, 0.4) is 0 Å². The van der Waals surface area contributed by atoms with Crippen LogP contribution >= 0.6 is 0 Å². The third-order valence-electron chi connectivity index (χ3n) is 2.56. The number of hydrogen-bond donors (Lipinski definition) is 2. The normalized spacial score (nSPS) is 12.1. The average molecular weight is 305 g/mol. The monoisotopic (exact) mass is 305 g/mol. The summed E-state index contributed by atoms with van der Waals surface area (Å²) in [6.07, 6.45) is -3.17. The largest absolute Gasteiger partial charge is 0.468 e. The van der Waals surface area contributed by atoms with Crippen LogP contribution in [0.15, 0.2) is 18.3 Å². The van der Waals surface area contributed by atoms with Crippen LogP contribution in [-0.4, -0.2) is 35.8 Å². The molecule has 0 saturated carbocycles. The number of halogens is 3. The highest BCUT2D eigenvalue weighted by molar-refractivity contribution is 5.97. The molecular formula is C13H18F3N3O2. The van der Waals surface area contributed by atoms with Crippen molar-refractivity contribution in [2.24, 2.45) is 0 Å². The van der Waals surface area contributed by atoms with Gasteiger partial charge in [0.15, 0.2) is 6.61 Å². The van der Waals surface area contributed by atoms with Crippen molar-refractivity contribution in [1.29, 1.82) is 0 Å². The minimum absolute atomic E-state index is 0.156. The van der Waals surface area contributed by atoms with E-state index < -0.39 is 18.3 Å². The molecular weight excluding hydrogens is 287 g/mol. The van der Waals surface area contributed by atoms with E-state index in [2.05, 4.69) is 20.4 Å². The summed E-state index contributed by atoms with van der Waals surface area (Å²) in [6.45, 7) is 4.55. The quantitative estimate of drug-likeness (QED) is 0.847. The lowest BCUT2D eigenvalue weighted by atomic mass is 10.0. The van der Waals surface area contributed by atoms with Crippen molar-refractivity contribution in [3.05, 3.63) is 18.3 Å². The molecule has 0 unspecified atom stereocenters. The van der Waals surface area contributed by atoms with Gasteiger partial charge in [0.1, 0.15) is 0 Å². The van der Waals surface area contributed by atoms with E-state index in [0.29, 0.717) is 12.2 Å². The van der Waals surface area contributed by atoms with Gasteiger partial charge in [0, 0.05) is 6.07 Å². The molecule has 118 valence electrons. The molecule has 1 aromatic heterocycles. The summed E-state index contributed by atoms with van der Waals surface area (Å²) in [5.41, 5.74) is -0.384. The van der Waals surface area contributed by atoms with E-state index >= 15 is 0 Å². The summed E-state index contributed by atoms with van der Waals surface area (Å²) in [4.78, 5) is 15.7. The predicted octanol–water partition coefficient (Wildman–Crippen LogP) is 2.35. The number of carbonyl (C=O) groups is 1. The third kappa shape index (κ3) is 5.99. The van der Waals surface area contributed by atoms with Gasteiger partial charge in [-0.1, -0.05) is 6.92 Å². The second-order valence-electron chi connectivity index (χ2n) is 4.90. The maximum atomic E-state index is 12.0. The zero-order chi connectivity index (χ0) is 16.1. The Morgan fingerprint density at radius 1 is 1.33 bits per heavy atom. The molecule has 0 spiro atoms. The van der Waals surface area contributed by atoms with Crippen LogP contribution in [-0.2, 0) is 4.79 Å². The van der Waals surface area contributed by atoms with E-state index in [0.717, 1.165) is 0 Å². The van der Waals surface area contributed by atoms with Crippen molar-refractivity contribution in [3.63, 3.8) is 0 Å². The van der Waals surface area contributed by atoms with Gasteiger partial charge in [0.2, 0.25) is 11.8 Å². The van der Waals surface area contributed by atoms with Gasteiger partial charge in [0.25, 0.3) is 0 Å². The number of carbonyl (C=O) groups excluding carboxylic acids is 1. The van der Waals surface area contributed by atoms with Crippen LogP contribution < -0.4 is 15.4 Å². The first-order valence-electron chi connectivity index (χ1n) is 6.36. The van der Waals surface area contributed by atoms with Crippen molar-refractivity contribution >= 4 is 11.6 Å². The molecule has 0 radical (unpaired) electrons. The first-order chi connectivity index (χ1) is 9.64. The van der Waals surface area contributed by atoms with Crippen molar-refractivity contribution < 1.29 is 22.7 Å². The number of hydrogen-bond acceptors (Lipinski definition) is 4. The first kappa shape index (κ1) is 17.2. The molecule has 1 amide bonds. The van der Waals surface area contributed by atoms with E-state index in [1.165, 1.54) is 18.3 Å². The minimum Gasteiger partial charge on any atom is -0.468 e. The molecule has 0 bridgehead atoms. The van der Waals surface area contributed by atoms with Crippen LogP contribution in [0.25, 0.3) is 0 Å². The van der Waals surface area contributed by atoms with E-state index in [-0.39, 0.29) is 11.8 Å². The summed E-state index contributed by atoms with van der Waals surface area (Å²) in [5.74, 6) is -0.425. The Balaban J connectivity index is 2.61. The Morgan fingerprint density at radius 2 is 2.00 bits per heavy atom. The second-order valence-corrected chi connectivity index (χ2v) is 4.90. The fourth-order valence-corrected chi connectivity index (χ4v) is 1.50. The first-order valence-corrected chi connectivity index (χ1v) is 6.36. The maximum absolute atomic E-state index is 12.0. The zero-order valence-corrected chi connectivity index (χ0v) is 12.0. The Morgan fingerprint density at radius 3 is 2.48 bits per heavy atom. The molecule has 1 aromatic rings. The van der Waals surface area contributed by atoms with Crippen molar-refractivity contribution in [1.82, 2.24) is 10.3 Å². The van der Waals surface area contributed by atoms with Crippen molar-refractivity contribution in [2.45, 2.75) is 32.5 Å². The molecule has 0 aliphatic carbocycles. The highest BCUT2D eigenvalue weighted by Gasteiger charge is 2.29. The number of rotatable bonds is 6. The van der Waals surface area contributed by atoms with Gasteiger partial charge in [0.05, 0.1) is 17.4 Å². The lowest BCUT2D eigenvalue weighted by Crippen LogP contribution is -2.49.